The van der Waals surface area contributed by atoms with E-state index in [0.29, 0.717) is 13.1 Å². The lowest BCUT2D eigenvalue weighted by atomic mass is 10.2. The van der Waals surface area contributed by atoms with E-state index in [4.69, 9.17) is 9.57 Å². The Morgan fingerprint density at radius 2 is 1.71 bits per heavy atom. The minimum absolute atomic E-state index is 0.123. The van der Waals surface area contributed by atoms with Crippen molar-refractivity contribution in [2.24, 2.45) is 0 Å². The molecule has 0 fully saturated rings. The molecule has 0 heterocycles. The molecule has 0 aliphatic carbocycles. The van der Waals surface area contributed by atoms with E-state index in [1.54, 1.807) is 0 Å². The van der Waals surface area contributed by atoms with Gasteiger partial charge in [0, 0.05) is 13.1 Å². The van der Waals surface area contributed by atoms with Crippen LogP contribution in [-0.2, 0) is 16.2 Å². The summed E-state index contributed by atoms with van der Waals surface area (Å²) in [7, 11) is 0. The van der Waals surface area contributed by atoms with Gasteiger partial charge >= 0.3 is 12.2 Å². The number of rotatable bonds is 6. The first-order valence-corrected chi connectivity index (χ1v) is 7.09. The number of amides is 2. The highest BCUT2D eigenvalue weighted by molar-refractivity contribution is 5.72. The maximum atomic E-state index is 11.7. The number of ether oxygens (including phenoxy) is 1. The Bertz CT molecular complexity index is 431. The predicted molar refractivity (Wildman–Crippen MR) is 78.4 cm³/mol. The van der Waals surface area contributed by atoms with Gasteiger partial charge < -0.3 is 14.5 Å². The van der Waals surface area contributed by atoms with Crippen molar-refractivity contribution in [2.75, 3.05) is 13.1 Å². The molecule has 6 heteroatoms. The summed E-state index contributed by atoms with van der Waals surface area (Å²) in [5.74, 6) is 0. The number of carbonyl (C=O) groups is 2. The highest BCUT2D eigenvalue weighted by atomic mass is 16.7. The molecule has 0 aliphatic rings. The Labute approximate surface area is 125 Å². The second-order valence-electron chi connectivity index (χ2n) is 4.52. The van der Waals surface area contributed by atoms with Gasteiger partial charge in [-0.05, 0) is 18.4 Å². The maximum Gasteiger partial charge on any atom is 0.441 e. The molecule has 0 unspecified atom stereocenters. The summed E-state index contributed by atoms with van der Waals surface area (Å²) in [5.41, 5.74) is 2.86. The van der Waals surface area contributed by atoms with Crippen molar-refractivity contribution in [3.05, 3.63) is 35.9 Å². The fourth-order valence-corrected chi connectivity index (χ4v) is 1.74. The molecule has 1 N–H and O–H groups in total. The second-order valence-corrected chi connectivity index (χ2v) is 4.52. The molecule has 0 bridgehead atoms. The van der Waals surface area contributed by atoms with Gasteiger partial charge in [0.1, 0.15) is 6.61 Å². The maximum absolute atomic E-state index is 11.7. The molecule has 116 valence electrons. The van der Waals surface area contributed by atoms with Gasteiger partial charge in [-0.1, -0.05) is 44.2 Å². The highest BCUT2D eigenvalue weighted by Gasteiger charge is 2.15. The van der Waals surface area contributed by atoms with E-state index in [-0.39, 0.29) is 6.61 Å². The Hall–Kier alpha value is -2.24. The van der Waals surface area contributed by atoms with Crippen LogP contribution in [0.1, 0.15) is 32.3 Å². The van der Waals surface area contributed by atoms with E-state index in [1.165, 1.54) is 4.90 Å². The molecule has 0 atom stereocenters. The molecule has 2 amide bonds. The van der Waals surface area contributed by atoms with E-state index < -0.39 is 12.2 Å². The first-order chi connectivity index (χ1) is 10.2. The molecule has 0 saturated heterocycles. The molecular formula is C15H22N2O4. The van der Waals surface area contributed by atoms with Gasteiger partial charge in [0.15, 0.2) is 0 Å². The Kier molecular flexibility index (Phi) is 7.71. The average molecular weight is 294 g/mol. The predicted octanol–water partition coefficient (Wildman–Crippen LogP) is 3.09. The lowest BCUT2D eigenvalue weighted by molar-refractivity contribution is 0.0397. The van der Waals surface area contributed by atoms with Crippen molar-refractivity contribution in [2.45, 2.75) is 33.3 Å². The molecule has 0 spiro atoms. The fraction of sp³-hybridized carbons (Fsp3) is 0.467. The van der Waals surface area contributed by atoms with Gasteiger partial charge in [-0.2, -0.15) is 0 Å². The molecule has 21 heavy (non-hydrogen) atoms. The summed E-state index contributed by atoms with van der Waals surface area (Å²) in [4.78, 5) is 29.4. The normalized spacial score (nSPS) is 9.81. The molecule has 0 radical (unpaired) electrons. The van der Waals surface area contributed by atoms with E-state index in [9.17, 15) is 9.59 Å². The van der Waals surface area contributed by atoms with Crippen LogP contribution in [0.3, 0.4) is 0 Å². The zero-order valence-corrected chi connectivity index (χ0v) is 12.5. The zero-order chi connectivity index (χ0) is 15.5. The first-order valence-electron chi connectivity index (χ1n) is 7.09. The molecule has 6 nitrogen and oxygen atoms in total. The highest BCUT2D eigenvalue weighted by Crippen LogP contribution is 2.01. The number of benzene rings is 1. The smallest absolute Gasteiger partial charge is 0.441 e. The number of hydrogen-bond donors (Lipinski definition) is 1. The number of nitrogens with zero attached hydrogens (tertiary/aromatic N) is 1. The quantitative estimate of drug-likeness (QED) is 0.819. The minimum atomic E-state index is -0.792. The summed E-state index contributed by atoms with van der Waals surface area (Å²) in [6.07, 6.45) is 0.289. The van der Waals surface area contributed by atoms with Crippen LogP contribution in [0.2, 0.25) is 0 Å². The molecule has 0 aromatic heterocycles. The fourth-order valence-electron chi connectivity index (χ4n) is 1.74. The first kappa shape index (κ1) is 16.8. The summed E-state index contributed by atoms with van der Waals surface area (Å²) in [6.45, 7) is 5.24. The van der Waals surface area contributed by atoms with Crippen molar-refractivity contribution in [3.8, 4) is 0 Å². The number of nitrogens with one attached hydrogen (secondary N) is 1. The van der Waals surface area contributed by atoms with Crippen molar-refractivity contribution in [1.29, 1.82) is 0 Å². The van der Waals surface area contributed by atoms with E-state index in [0.717, 1.165) is 18.4 Å². The third kappa shape index (κ3) is 6.65. The van der Waals surface area contributed by atoms with E-state index in [1.807, 2.05) is 49.7 Å². The van der Waals surface area contributed by atoms with Gasteiger partial charge in [0.05, 0.1) is 0 Å². The van der Waals surface area contributed by atoms with Crippen LogP contribution in [0.5, 0.6) is 0 Å². The SMILES string of the molecule is CCCN(CCC)C(=O)ONC(=O)OCc1ccccc1. The summed E-state index contributed by atoms with van der Waals surface area (Å²) < 4.78 is 4.93. The summed E-state index contributed by atoms with van der Waals surface area (Å²) in [5, 5.41) is 0. The lowest BCUT2D eigenvalue weighted by Crippen LogP contribution is -2.38. The molecule has 0 aliphatic heterocycles. The number of hydroxylamine groups is 1. The number of hydrogen-bond acceptors (Lipinski definition) is 4. The van der Waals surface area contributed by atoms with Crippen molar-refractivity contribution in [1.82, 2.24) is 10.4 Å². The standard InChI is InChI=1S/C15H22N2O4/c1-3-10-17(11-4-2)15(19)21-16-14(18)20-12-13-8-6-5-7-9-13/h5-9H,3-4,10-12H2,1-2H3,(H,16,18). The Morgan fingerprint density at radius 1 is 1.10 bits per heavy atom. The van der Waals surface area contributed by atoms with Crippen molar-refractivity contribution < 1.29 is 19.2 Å². The molecule has 0 saturated carbocycles. The van der Waals surface area contributed by atoms with Crippen LogP contribution in [0.25, 0.3) is 0 Å². The van der Waals surface area contributed by atoms with Gasteiger partial charge in [0.25, 0.3) is 0 Å². The van der Waals surface area contributed by atoms with Crippen LogP contribution in [0.15, 0.2) is 30.3 Å². The molecule has 1 aromatic carbocycles. The molecule has 1 aromatic rings. The third-order valence-corrected chi connectivity index (χ3v) is 2.68. The van der Waals surface area contributed by atoms with Crippen LogP contribution < -0.4 is 5.48 Å². The molecule has 1 rings (SSSR count). The van der Waals surface area contributed by atoms with Gasteiger partial charge in [-0.15, -0.1) is 5.48 Å². The average Bonchev–Trinajstić information content (AvgIpc) is 2.51. The van der Waals surface area contributed by atoms with Crippen molar-refractivity contribution >= 4 is 12.2 Å². The topological polar surface area (TPSA) is 67.9 Å². The zero-order valence-electron chi connectivity index (χ0n) is 12.5. The largest absolute Gasteiger partial charge is 0.443 e. The summed E-state index contributed by atoms with van der Waals surface area (Å²) >= 11 is 0. The van der Waals surface area contributed by atoms with E-state index >= 15 is 0 Å². The van der Waals surface area contributed by atoms with E-state index in [2.05, 4.69) is 0 Å². The second kappa shape index (κ2) is 9.63. The van der Waals surface area contributed by atoms with Gasteiger partial charge in [-0.25, -0.2) is 9.59 Å². The minimum Gasteiger partial charge on any atom is -0.443 e. The van der Waals surface area contributed by atoms with Crippen LogP contribution in [0.4, 0.5) is 9.59 Å². The monoisotopic (exact) mass is 294 g/mol. The van der Waals surface area contributed by atoms with Crippen LogP contribution >= 0.6 is 0 Å². The Balaban J connectivity index is 2.29. The van der Waals surface area contributed by atoms with Crippen molar-refractivity contribution in [3.63, 3.8) is 0 Å². The van der Waals surface area contributed by atoms with Crippen LogP contribution in [-0.4, -0.2) is 30.2 Å². The van der Waals surface area contributed by atoms with Crippen LogP contribution in [0, 0.1) is 0 Å². The van der Waals surface area contributed by atoms with Gasteiger partial charge in [-0.3, -0.25) is 0 Å². The third-order valence-electron chi connectivity index (χ3n) is 2.68. The summed E-state index contributed by atoms with van der Waals surface area (Å²) in [6, 6.07) is 9.25. The Morgan fingerprint density at radius 3 is 2.29 bits per heavy atom. The van der Waals surface area contributed by atoms with Gasteiger partial charge in [0.2, 0.25) is 0 Å². The number of carbonyl (C=O) groups excluding carboxylic acids is 2. The lowest BCUT2D eigenvalue weighted by Gasteiger charge is -2.20. The molecular weight excluding hydrogens is 272 g/mol.